The summed E-state index contributed by atoms with van der Waals surface area (Å²) in [7, 11) is 1.31. The van der Waals surface area contributed by atoms with Crippen molar-refractivity contribution in [1.29, 1.82) is 0 Å². The van der Waals surface area contributed by atoms with Crippen molar-refractivity contribution in [3.63, 3.8) is 0 Å². The number of ether oxygens (including phenoxy) is 1. The Hall–Kier alpha value is -2.47. The van der Waals surface area contributed by atoms with Crippen molar-refractivity contribution < 1.29 is 14.3 Å². The zero-order valence-electron chi connectivity index (χ0n) is 14.0. The predicted octanol–water partition coefficient (Wildman–Crippen LogP) is 2.97. The van der Waals surface area contributed by atoms with Gasteiger partial charge in [0.05, 0.1) is 17.8 Å². The third-order valence-electron chi connectivity index (χ3n) is 3.52. The highest BCUT2D eigenvalue weighted by molar-refractivity contribution is 7.09. The monoisotopic (exact) mass is 344 g/mol. The lowest BCUT2D eigenvalue weighted by molar-refractivity contribution is -0.145. The highest BCUT2D eigenvalue weighted by Gasteiger charge is 2.16. The number of esters is 1. The third kappa shape index (κ3) is 5.03. The van der Waals surface area contributed by atoms with Crippen LogP contribution in [-0.4, -0.2) is 35.4 Å². The van der Waals surface area contributed by atoms with E-state index in [9.17, 15) is 9.59 Å². The van der Waals surface area contributed by atoms with Crippen LogP contribution in [0.25, 0.3) is 6.08 Å². The van der Waals surface area contributed by atoms with E-state index in [4.69, 9.17) is 4.74 Å². The summed E-state index contributed by atoms with van der Waals surface area (Å²) in [6.45, 7) is 4.14. The van der Waals surface area contributed by atoms with E-state index in [1.807, 2.05) is 43.5 Å². The molecule has 0 spiro atoms. The van der Waals surface area contributed by atoms with Crippen LogP contribution < -0.4 is 0 Å². The van der Waals surface area contributed by atoms with Gasteiger partial charge in [-0.15, -0.1) is 11.3 Å². The van der Waals surface area contributed by atoms with Gasteiger partial charge in [0.25, 0.3) is 0 Å². The first kappa shape index (κ1) is 17.9. The van der Waals surface area contributed by atoms with E-state index in [0.717, 1.165) is 21.8 Å². The maximum Gasteiger partial charge on any atom is 0.325 e. The summed E-state index contributed by atoms with van der Waals surface area (Å²) >= 11 is 1.52. The summed E-state index contributed by atoms with van der Waals surface area (Å²) in [4.78, 5) is 29.9. The number of nitrogens with zero attached hydrogens (tertiary/aromatic N) is 2. The summed E-state index contributed by atoms with van der Waals surface area (Å²) in [5, 5.41) is 2.82. The summed E-state index contributed by atoms with van der Waals surface area (Å²) in [6, 6.07) is 7.78. The van der Waals surface area contributed by atoms with Crippen LogP contribution >= 0.6 is 11.3 Å². The van der Waals surface area contributed by atoms with Crippen LogP contribution in [0.5, 0.6) is 0 Å². The summed E-state index contributed by atoms with van der Waals surface area (Å²) < 4.78 is 4.70. The Morgan fingerprint density at radius 1 is 1.29 bits per heavy atom. The van der Waals surface area contributed by atoms with Crippen LogP contribution in [0.4, 0.5) is 0 Å². The van der Waals surface area contributed by atoms with Crippen molar-refractivity contribution in [3.05, 3.63) is 57.6 Å². The first-order valence-corrected chi connectivity index (χ1v) is 8.38. The maximum atomic E-state index is 12.5. The molecular weight excluding hydrogens is 324 g/mol. The van der Waals surface area contributed by atoms with Gasteiger partial charge in [0.15, 0.2) is 0 Å². The van der Waals surface area contributed by atoms with Crippen LogP contribution in [0.1, 0.15) is 21.8 Å². The van der Waals surface area contributed by atoms with E-state index in [1.54, 1.807) is 6.08 Å². The Kier molecular flexibility index (Phi) is 6.26. The molecule has 0 saturated heterocycles. The number of thiazole rings is 1. The molecule has 0 fully saturated rings. The average Bonchev–Trinajstić information content (AvgIpc) is 2.99. The summed E-state index contributed by atoms with van der Waals surface area (Å²) in [5.41, 5.74) is 2.80. The van der Waals surface area contributed by atoms with Crippen LogP contribution in [0.2, 0.25) is 0 Å². The molecule has 0 saturated carbocycles. The van der Waals surface area contributed by atoms with Crippen molar-refractivity contribution in [3.8, 4) is 0 Å². The molecule has 0 aliphatic rings. The number of amides is 1. The van der Waals surface area contributed by atoms with E-state index in [2.05, 4.69) is 4.98 Å². The van der Waals surface area contributed by atoms with Gasteiger partial charge < -0.3 is 9.64 Å². The molecule has 0 aliphatic carbocycles. The largest absolute Gasteiger partial charge is 0.468 e. The van der Waals surface area contributed by atoms with Crippen molar-refractivity contribution in [1.82, 2.24) is 9.88 Å². The van der Waals surface area contributed by atoms with Gasteiger partial charge in [-0.2, -0.15) is 0 Å². The number of aryl methyl sites for hydroxylation is 2. The standard InChI is InChI=1S/C18H20N2O3S/c1-13-6-4-5-7-15(13)10-20(11-18(22)23-3)17(21)9-8-16-12-24-14(2)19-16/h4-9,12H,10-11H2,1-3H3/b9-8+. The quantitative estimate of drug-likeness (QED) is 0.597. The van der Waals surface area contributed by atoms with E-state index in [0.29, 0.717) is 6.54 Å². The molecule has 1 aromatic carbocycles. The second-order valence-electron chi connectivity index (χ2n) is 5.32. The fourth-order valence-corrected chi connectivity index (χ4v) is 2.72. The molecule has 24 heavy (non-hydrogen) atoms. The Morgan fingerprint density at radius 3 is 2.67 bits per heavy atom. The number of hydrogen-bond donors (Lipinski definition) is 0. The van der Waals surface area contributed by atoms with Gasteiger partial charge in [-0.05, 0) is 31.1 Å². The van der Waals surface area contributed by atoms with E-state index >= 15 is 0 Å². The second-order valence-corrected chi connectivity index (χ2v) is 6.38. The van der Waals surface area contributed by atoms with Crippen molar-refractivity contribution in [2.75, 3.05) is 13.7 Å². The number of methoxy groups -OCH3 is 1. The van der Waals surface area contributed by atoms with Crippen molar-refractivity contribution in [2.24, 2.45) is 0 Å². The van der Waals surface area contributed by atoms with Crippen molar-refractivity contribution >= 4 is 29.3 Å². The zero-order chi connectivity index (χ0) is 17.5. The zero-order valence-corrected chi connectivity index (χ0v) is 14.8. The fraction of sp³-hybridized carbons (Fsp3) is 0.278. The lowest BCUT2D eigenvalue weighted by Gasteiger charge is -2.21. The molecule has 0 N–H and O–H groups in total. The maximum absolute atomic E-state index is 12.5. The molecule has 0 bridgehead atoms. The fourth-order valence-electron chi connectivity index (χ4n) is 2.14. The third-order valence-corrected chi connectivity index (χ3v) is 4.31. The van der Waals surface area contributed by atoms with Gasteiger partial charge in [-0.25, -0.2) is 4.98 Å². The average molecular weight is 344 g/mol. The normalized spacial score (nSPS) is 10.8. The van der Waals surface area contributed by atoms with Gasteiger partial charge in [0.2, 0.25) is 5.91 Å². The molecule has 5 nitrogen and oxygen atoms in total. The van der Waals surface area contributed by atoms with E-state index in [-0.39, 0.29) is 12.5 Å². The molecule has 2 rings (SSSR count). The van der Waals surface area contributed by atoms with Crippen LogP contribution in [0.3, 0.4) is 0 Å². The molecule has 1 amide bonds. The minimum Gasteiger partial charge on any atom is -0.468 e. The van der Waals surface area contributed by atoms with Crippen LogP contribution in [-0.2, 0) is 20.9 Å². The highest BCUT2D eigenvalue weighted by atomic mass is 32.1. The number of aromatic nitrogens is 1. The number of carbonyl (C=O) groups is 2. The van der Waals surface area contributed by atoms with Crippen LogP contribution in [0, 0.1) is 13.8 Å². The smallest absolute Gasteiger partial charge is 0.325 e. The first-order valence-electron chi connectivity index (χ1n) is 7.50. The Morgan fingerprint density at radius 2 is 2.04 bits per heavy atom. The number of carbonyl (C=O) groups excluding carboxylic acids is 2. The molecule has 0 unspecified atom stereocenters. The highest BCUT2D eigenvalue weighted by Crippen LogP contribution is 2.13. The Bertz CT molecular complexity index is 752. The summed E-state index contributed by atoms with van der Waals surface area (Å²) in [6.07, 6.45) is 3.10. The molecular formula is C18H20N2O3S. The molecule has 2 aromatic rings. The lowest BCUT2D eigenvalue weighted by Crippen LogP contribution is -2.34. The van der Waals surface area contributed by atoms with E-state index < -0.39 is 5.97 Å². The number of hydrogen-bond acceptors (Lipinski definition) is 5. The lowest BCUT2D eigenvalue weighted by atomic mass is 10.1. The topological polar surface area (TPSA) is 59.5 Å². The van der Waals surface area contributed by atoms with Gasteiger partial charge in [0.1, 0.15) is 6.54 Å². The van der Waals surface area contributed by atoms with Crippen molar-refractivity contribution in [2.45, 2.75) is 20.4 Å². The SMILES string of the molecule is COC(=O)CN(Cc1ccccc1C)C(=O)/C=C/c1csc(C)n1. The molecule has 6 heteroatoms. The number of benzene rings is 1. The molecule has 1 aromatic heterocycles. The van der Waals surface area contributed by atoms with Gasteiger partial charge in [0, 0.05) is 18.0 Å². The minimum atomic E-state index is -0.449. The predicted molar refractivity (Wildman–Crippen MR) is 94.5 cm³/mol. The molecule has 0 radical (unpaired) electrons. The first-order chi connectivity index (χ1) is 11.5. The summed E-state index contributed by atoms with van der Waals surface area (Å²) in [5.74, 6) is -0.704. The van der Waals surface area contributed by atoms with E-state index in [1.165, 1.54) is 29.4 Å². The van der Waals surface area contributed by atoms with Gasteiger partial charge in [-0.1, -0.05) is 24.3 Å². The Balaban J connectivity index is 2.15. The number of rotatable bonds is 6. The van der Waals surface area contributed by atoms with Gasteiger partial charge in [-0.3, -0.25) is 9.59 Å². The second kappa shape index (κ2) is 8.40. The minimum absolute atomic E-state index is 0.0932. The van der Waals surface area contributed by atoms with Crippen LogP contribution in [0.15, 0.2) is 35.7 Å². The van der Waals surface area contributed by atoms with Gasteiger partial charge >= 0.3 is 5.97 Å². The molecule has 126 valence electrons. The Labute approximate surface area is 145 Å². The molecule has 0 atom stereocenters. The molecule has 0 aliphatic heterocycles. The molecule has 1 heterocycles.